The van der Waals surface area contributed by atoms with Gasteiger partial charge in [0.2, 0.25) is 0 Å². The molecule has 32 heavy (non-hydrogen) atoms. The molecule has 0 bridgehead atoms. The van der Waals surface area contributed by atoms with E-state index in [-0.39, 0.29) is 16.4 Å². The van der Waals surface area contributed by atoms with Gasteiger partial charge in [0.1, 0.15) is 5.75 Å². The van der Waals surface area contributed by atoms with Crippen LogP contribution in [0, 0.1) is 30.1 Å². The molecule has 6 atom stereocenters. The molecule has 2 saturated carbocycles. The Hall–Kier alpha value is -1.85. The van der Waals surface area contributed by atoms with Crippen molar-refractivity contribution in [3.8, 4) is 5.75 Å². The Morgan fingerprint density at radius 3 is 2.56 bits per heavy atom. The number of hydrogen-bond donors (Lipinski definition) is 1. The fourth-order valence-electron chi connectivity index (χ4n) is 7.20. The van der Waals surface area contributed by atoms with Crippen LogP contribution in [0.5, 0.6) is 5.75 Å². The second-order valence-corrected chi connectivity index (χ2v) is 12.1. The molecule has 3 aliphatic carbocycles. The number of phenolic OH excluding ortho intramolecular Hbond substituents is 1. The molecule has 1 N–H and O–H groups in total. The molecule has 5 rings (SSSR count). The van der Waals surface area contributed by atoms with Crippen molar-refractivity contribution in [1.29, 1.82) is 0 Å². The zero-order valence-electron chi connectivity index (χ0n) is 19.3. The fourth-order valence-corrected chi connectivity index (χ4v) is 8.41. The van der Waals surface area contributed by atoms with Crippen LogP contribution in [0.15, 0.2) is 47.4 Å². The van der Waals surface area contributed by atoms with E-state index in [0.29, 0.717) is 29.4 Å². The molecule has 4 nitrogen and oxygen atoms in total. The molecule has 0 saturated heterocycles. The molecular weight excluding hydrogens is 420 g/mol. The zero-order valence-corrected chi connectivity index (χ0v) is 20.1. The third kappa shape index (κ3) is 3.49. The summed E-state index contributed by atoms with van der Waals surface area (Å²) in [6.45, 7) is 6.49. The third-order valence-electron chi connectivity index (χ3n) is 8.88. The first-order valence-electron chi connectivity index (χ1n) is 12.0. The Morgan fingerprint density at radius 2 is 1.84 bits per heavy atom. The molecule has 3 aliphatic rings. The highest BCUT2D eigenvalue weighted by Gasteiger charge is 2.58. The number of aromatic hydroxyl groups is 1. The highest BCUT2D eigenvalue weighted by Crippen LogP contribution is 2.63. The Labute approximate surface area is 192 Å². The van der Waals surface area contributed by atoms with Gasteiger partial charge >= 0.3 is 0 Å². The lowest BCUT2D eigenvalue weighted by Gasteiger charge is -2.53. The van der Waals surface area contributed by atoms with E-state index >= 15 is 0 Å². The van der Waals surface area contributed by atoms with E-state index in [1.165, 1.54) is 11.1 Å². The highest BCUT2D eigenvalue weighted by atomic mass is 32.2. The van der Waals surface area contributed by atoms with Crippen molar-refractivity contribution < 1.29 is 17.7 Å². The van der Waals surface area contributed by atoms with Gasteiger partial charge in [-0.25, -0.2) is 0 Å². The molecule has 0 spiro atoms. The number of rotatable bonds is 4. The second kappa shape index (κ2) is 7.88. The van der Waals surface area contributed by atoms with Gasteiger partial charge in [0.05, 0.1) is 11.0 Å². The van der Waals surface area contributed by atoms with Crippen molar-refractivity contribution in [3.63, 3.8) is 0 Å². The minimum atomic E-state index is -3.78. The van der Waals surface area contributed by atoms with Gasteiger partial charge in [-0.15, -0.1) is 0 Å². The third-order valence-corrected chi connectivity index (χ3v) is 10.2. The Bertz CT molecular complexity index is 1110. The summed E-state index contributed by atoms with van der Waals surface area (Å²) in [4.78, 5) is 0.252. The summed E-state index contributed by atoms with van der Waals surface area (Å²) in [6.07, 6.45) is 5.69. The van der Waals surface area contributed by atoms with Crippen molar-refractivity contribution in [2.75, 3.05) is 0 Å². The van der Waals surface area contributed by atoms with E-state index < -0.39 is 10.1 Å². The smallest absolute Gasteiger partial charge is 0.297 e. The zero-order chi connectivity index (χ0) is 22.7. The van der Waals surface area contributed by atoms with Crippen LogP contribution in [0.1, 0.15) is 68.6 Å². The Morgan fingerprint density at radius 1 is 1.09 bits per heavy atom. The molecule has 172 valence electrons. The SMILES string of the molecule is CCC1Cc2cc(O)ccc2C2CCC3(C)C(OS(=O)(=O)c4ccc(C)cc4)CCC3C12. The largest absolute Gasteiger partial charge is 0.508 e. The predicted molar refractivity (Wildman–Crippen MR) is 125 cm³/mol. The first-order chi connectivity index (χ1) is 15.2. The maximum atomic E-state index is 13.1. The van der Waals surface area contributed by atoms with Gasteiger partial charge in [0.15, 0.2) is 0 Å². The lowest BCUT2D eigenvalue weighted by molar-refractivity contribution is -0.0267. The molecule has 0 amide bonds. The molecule has 6 unspecified atom stereocenters. The quantitative estimate of drug-likeness (QED) is 0.578. The average molecular weight is 455 g/mol. The van der Waals surface area contributed by atoms with Crippen LogP contribution in [0.25, 0.3) is 0 Å². The van der Waals surface area contributed by atoms with Gasteiger partial charge in [0, 0.05) is 0 Å². The number of hydrogen-bond acceptors (Lipinski definition) is 4. The summed E-state index contributed by atoms with van der Waals surface area (Å²) in [5.41, 5.74) is 3.61. The van der Waals surface area contributed by atoms with Crippen molar-refractivity contribution in [2.24, 2.45) is 23.2 Å². The number of fused-ring (bicyclic) bond motifs is 5. The van der Waals surface area contributed by atoms with Crippen LogP contribution in [-0.2, 0) is 20.7 Å². The lowest BCUT2D eigenvalue weighted by atomic mass is 9.52. The highest BCUT2D eigenvalue weighted by molar-refractivity contribution is 7.86. The van der Waals surface area contributed by atoms with E-state index in [1.807, 2.05) is 31.2 Å². The van der Waals surface area contributed by atoms with Crippen LogP contribution in [0.4, 0.5) is 0 Å². The van der Waals surface area contributed by atoms with Crippen LogP contribution < -0.4 is 0 Å². The molecule has 5 heteroatoms. The minimum absolute atomic E-state index is 0.124. The van der Waals surface area contributed by atoms with E-state index in [0.717, 1.165) is 44.1 Å². The first-order valence-corrected chi connectivity index (χ1v) is 13.5. The van der Waals surface area contributed by atoms with E-state index in [4.69, 9.17) is 4.18 Å². The summed E-state index contributed by atoms with van der Waals surface area (Å²) < 4.78 is 32.1. The first kappa shape index (κ1) is 22.0. The van der Waals surface area contributed by atoms with Crippen molar-refractivity contribution in [2.45, 2.75) is 76.2 Å². The van der Waals surface area contributed by atoms with Gasteiger partial charge in [0.25, 0.3) is 10.1 Å². The van der Waals surface area contributed by atoms with Gasteiger partial charge < -0.3 is 5.11 Å². The Kier molecular flexibility index (Phi) is 5.41. The topological polar surface area (TPSA) is 63.6 Å². The average Bonchev–Trinajstić information content (AvgIpc) is 3.08. The van der Waals surface area contributed by atoms with Crippen LogP contribution in [0.3, 0.4) is 0 Å². The van der Waals surface area contributed by atoms with Crippen molar-refractivity contribution in [3.05, 3.63) is 59.2 Å². The summed E-state index contributed by atoms with van der Waals surface area (Å²) in [6, 6.07) is 12.9. The van der Waals surface area contributed by atoms with E-state index in [9.17, 15) is 13.5 Å². The normalized spacial score (nSPS) is 33.9. The number of benzene rings is 2. The monoisotopic (exact) mass is 454 g/mol. The summed E-state index contributed by atoms with van der Waals surface area (Å²) in [7, 11) is -3.78. The summed E-state index contributed by atoms with van der Waals surface area (Å²) >= 11 is 0. The van der Waals surface area contributed by atoms with Gasteiger partial charge in [-0.1, -0.05) is 44.0 Å². The molecule has 0 aromatic heterocycles. The van der Waals surface area contributed by atoms with Crippen molar-refractivity contribution in [1.82, 2.24) is 0 Å². The molecule has 0 aliphatic heterocycles. The van der Waals surface area contributed by atoms with Gasteiger partial charge in [-0.3, -0.25) is 4.18 Å². The van der Waals surface area contributed by atoms with Crippen LogP contribution >= 0.6 is 0 Å². The maximum Gasteiger partial charge on any atom is 0.297 e. The van der Waals surface area contributed by atoms with Crippen molar-refractivity contribution >= 4 is 10.1 Å². The Balaban J connectivity index is 1.44. The van der Waals surface area contributed by atoms with Crippen LogP contribution in [-0.4, -0.2) is 19.6 Å². The summed E-state index contributed by atoms with van der Waals surface area (Å²) in [5, 5.41) is 10.0. The maximum absolute atomic E-state index is 13.1. The molecular formula is C27H34O4S. The van der Waals surface area contributed by atoms with E-state index in [1.54, 1.807) is 12.1 Å². The molecule has 2 fully saturated rings. The van der Waals surface area contributed by atoms with E-state index in [2.05, 4.69) is 19.9 Å². The fraction of sp³-hybridized carbons (Fsp3) is 0.556. The number of aryl methyl sites for hydroxylation is 1. The number of phenols is 1. The van der Waals surface area contributed by atoms with Gasteiger partial charge in [-0.05, 0) is 104 Å². The molecule has 2 aromatic carbocycles. The lowest BCUT2D eigenvalue weighted by Crippen LogP contribution is -2.48. The molecule has 2 aromatic rings. The molecule has 0 radical (unpaired) electrons. The summed E-state index contributed by atoms with van der Waals surface area (Å²) in [5.74, 6) is 2.42. The predicted octanol–water partition coefficient (Wildman–Crippen LogP) is 5.97. The molecule has 0 heterocycles. The minimum Gasteiger partial charge on any atom is -0.508 e. The standard InChI is InChI=1S/C27H34O4S/c1-4-18-15-19-16-20(28)7-10-22(19)23-13-14-27(3)24(26(18)23)11-12-25(27)31-32(29,30)21-8-5-17(2)6-9-21/h5-10,16,18,23-26,28H,4,11-15H2,1-3H3. The second-order valence-electron chi connectivity index (χ2n) is 10.5. The van der Waals surface area contributed by atoms with Gasteiger partial charge in [-0.2, -0.15) is 8.42 Å². The van der Waals surface area contributed by atoms with Crippen LogP contribution in [0.2, 0.25) is 0 Å².